The molecule has 1 heterocycles. The van der Waals surface area contributed by atoms with Crippen molar-refractivity contribution in [3.63, 3.8) is 0 Å². The summed E-state index contributed by atoms with van der Waals surface area (Å²) in [5, 5.41) is 14.2. The van der Waals surface area contributed by atoms with Gasteiger partial charge in [-0.05, 0) is 53.1 Å². The van der Waals surface area contributed by atoms with Gasteiger partial charge in [0.2, 0.25) is 0 Å². The van der Waals surface area contributed by atoms with Gasteiger partial charge in [-0.1, -0.05) is 31.9 Å². The number of ether oxygens (including phenoxy) is 1. The molecule has 2 N–H and O–H groups in total. The van der Waals surface area contributed by atoms with Crippen LogP contribution in [0.4, 0.5) is 0 Å². The second-order valence-corrected chi connectivity index (χ2v) is 7.70. The lowest BCUT2D eigenvalue weighted by atomic mass is 9.88. The Kier molecular flexibility index (Phi) is 9.49. The number of carbonyl (C=O) groups excluding carboxylic acids is 1. The van der Waals surface area contributed by atoms with E-state index in [4.69, 9.17) is 0 Å². The van der Waals surface area contributed by atoms with Crippen molar-refractivity contribution in [2.45, 2.75) is 56.1 Å². The predicted octanol–water partition coefficient (Wildman–Crippen LogP) is 2.61. The summed E-state index contributed by atoms with van der Waals surface area (Å²) in [7, 11) is 0. The average Bonchev–Trinajstić information content (AvgIpc) is 2.28. The van der Waals surface area contributed by atoms with Crippen LogP contribution in [-0.2, 0) is 9.53 Å². The molecule has 0 aromatic carbocycles. The number of hydrogen-bond donors (Lipinski definition) is 2. The van der Waals surface area contributed by atoms with E-state index >= 15 is 0 Å². The number of piperidine rings is 1. The van der Waals surface area contributed by atoms with Crippen LogP contribution in [0.1, 0.15) is 40.0 Å². The van der Waals surface area contributed by atoms with Crippen LogP contribution in [0, 0.1) is 0 Å². The van der Waals surface area contributed by atoms with Crippen LogP contribution in [0.15, 0.2) is 0 Å². The summed E-state index contributed by atoms with van der Waals surface area (Å²) in [5.74, 6) is 0. The summed E-state index contributed by atoms with van der Waals surface area (Å²) < 4.78 is 4.55. The smallest absolute Gasteiger partial charge is 0.293 e. The molecule has 0 bridgehead atoms. The Morgan fingerprint density at radius 1 is 1.42 bits per heavy atom. The fourth-order valence-corrected chi connectivity index (χ4v) is 2.54. The molecule has 6 heteroatoms. The molecule has 0 aromatic heterocycles. The average molecular weight is 403 g/mol. The highest BCUT2D eigenvalue weighted by molar-refractivity contribution is 9.12. The van der Waals surface area contributed by atoms with Crippen LogP contribution in [0.2, 0.25) is 0 Å². The van der Waals surface area contributed by atoms with Gasteiger partial charge >= 0.3 is 0 Å². The van der Waals surface area contributed by atoms with Gasteiger partial charge in [0, 0.05) is 10.2 Å². The molecule has 1 atom stereocenters. The third kappa shape index (κ3) is 10.8. The van der Waals surface area contributed by atoms with Gasteiger partial charge < -0.3 is 15.2 Å². The highest BCUT2D eigenvalue weighted by Gasteiger charge is 2.30. The molecular weight excluding hydrogens is 378 g/mol. The molecule has 0 spiro atoms. The molecule has 4 nitrogen and oxygen atoms in total. The van der Waals surface area contributed by atoms with Crippen molar-refractivity contribution < 1.29 is 14.6 Å². The van der Waals surface area contributed by atoms with E-state index in [2.05, 4.69) is 41.9 Å². The highest BCUT2D eigenvalue weighted by atomic mass is 79.9. The minimum Gasteiger partial charge on any atom is -0.462 e. The first-order valence-electron chi connectivity index (χ1n) is 6.47. The Hall–Kier alpha value is 0.350. The lowest BCUT2D eigenvalue weighted by molar-refractivity contribution is -0.138. The van der Waals surface area contributed by atoms with E-state index in [1.807, 2.05) is 20.8 Å². The zero-order valence-electron chi connectivity index (χ0n) is 11.9. The van der Waals surface area contributed by atoms with E-state index in [1.54, 1.807) is 0 Å². The van der Waals surface area contributed by atoms with Crippen LogP contribution >= 0.6 is 31.9 Å². The van der Waals surface area contributed by atoms with Crippen LogP contribution < -0.4 is 5.32 Å². The Bertz CT molecular complexity index is 251. The third-order valence-corrected chi connectivity index (χ3v) is 5.00. The normalized spacial score (nSPS) is 19.9. The number of carbonyl (C=O) groups is 1. The van der Waals surface area contributed by atoms with Crippen LogP contribution in [0.3, 0.4) is 0 Å². The lowest BCUT2D eigenvalue weighted by Crippen LogP contribution is -2.43. The number of aliphatic hydroxyl groups is 1. The van der Waals surface area contributed by atoms with Crippen molar-refractivity contribution in [2.24, 2.45) is 0 Å². The Balaban J connectivity index is 0.000000399. The highest BCUT2D eigenvalue weighted by Crippen LogP contribution is 2.27. The van der Waals surface area contributed by atoms with E-state index < -0.39 is 5.60 Å². The second kappa shape index (κ2) is 9.32. The maximum Gasteiger partial charge on any atom is 0.293 e. The topological polar surface area (TPSA) is 58.6 Å². The van der Waals surface area contributed by atoms with Gasteiger partial charge in [-0.2, -0.15) is 0 Å². The standard InChI is InChI=1S/C8H15Br2NO.C5H10O2/c9-6-7(10)5-8(12)1-3-11-4-2-8;1-5(2,3)7-4-6/h7,11-12H,1-6H2;4H,1-3H3. The summed E-state index contributed by atoms with van der Waals surface area (Å²) in [4.78, 5) is 9.99. The van der Waals surface area contributed by atoms with E-state index in [1.165, 1.54) is 0 Å². The van der Waals surface area contributed by atoms with Gasteiger partial charge in [0.25, 0.3) is 6.47 Å². The second-order valence-electron chi connectivity index (χ2n) is 5.76. The molecule has 1 aliphatic rings. The first-order chi connectivity index (χ1) is 8.72. The molecule has 1 fully saturated rings. The maximum absolute atomic E-state index is 10.1. The van der Waals surface area contributed by atoms with Gasteiger partial charge in [-0.25, -0.2) is 0 Å². The first-order valence-corrected chi connectivity index (χ1v) is 8.51. The molecule has 1 rings (SSSR count). The molecule has 1 saturated heterocycles. The summed E-state index contributed by atoms with van der Waals surface area (Å²) in [6.07, 6.45) is 2.60. The molecule has 0 aliphatic carbocycles. The van der Waals surface area contributed by atoms with Gasteiger partial charge in [0.15, 0.2) is 0 Å². The number of nitrogens with one attached hydrogen (secondary N) is 1. The van der Waals surface area contributed by atoms with E-state index in [9.17, 15) is 9.90 Å². The third-order valence-electron chi connectivity index (χ3n) is 2.70. The molecule has 0 saturated carbocycles. The van der Waals surface area contributed by atoms with Crippen molar-refractivity contribution in [1.29, 1.82) is 0 Å². The molecule has 0 radical (unpaired) electrons. The molecule has 114 valence electrons. The summed E-state index contributed by atoms with van der Waals surface area (Å²) >= 11 is 6.91. The van der Waals surface area contributed by atoms with Gasteiger partial charge in [0.05, 0.1) is 5.60 Å². The van der Waals surface area contributed by atoms with E-state index in [0.29, 0.717) is 11.3 Å². The number of rotatable bonds is 4. The maximum atomic E-state index is 10.1. The lowest BCUT2D eigenvalue weighted by Gasteiger charge is -2.33. The fourth-order valence-electron chi connectivity index (χ4n) is 1.71. The van der Waals surface area contributed by atoms with Crippen LogP contribution in [0.5, 0.6) is 0 Å². The zero-order chi connectivity index (χ0) is 14.9. The molecular formula is C13H25Br2NO3. The number of halogens is 2. The Morgan fingerprint density at radius 3 is 2.26 bits per heavy atom. The fraction of sp³-hybridized carbons (Fsp3) is 0.923. The summed E-state index contributed by atoms with van der Waals surface area (Å²) in [6.45, 7) is 7.81. The number of hydrogen-bond acceptors (Lipinski definition) is 4. The molecule has 19 heavy (non-hydrogen) atoms. The first kappa shape index (κ1) is 19.4. The van der Waals surface area contributed by atoms with Crippen LogP contribution in [-0.4, -0.2) is 46.0 Å². The Labute approximate surface area is 132 Å². The quantitative estimate of drug-likeness (QED) is 0.560. The zero-order valence-corrected chi connectivity index (χ0v) is 15.1. The molecule has 1 aliphatic heterocycles. The molecule has 0 aromatic rings. The van der Waals surface area contributed by atoms with Crippen molar-refractivity contribution >= 4 is 38.3 Å². The monoisotopic (exact) mass is 401 g/mol. The Morgan fingerprint density at radius 2 is 1.95 bits per heavy atom. The van der Waals surface area contributed by atoms with Gasteiger partial charge in [0.1, 0.15) is 5.60 Å². The molecule has 0 amide bonds. The SMILES string of the molecule is CC(C)(C)OC=O.OC1(CC(Br)CBr)CCNCC1. The van der Waals surface area contributed by atoms with Crippen molar-refractivity contribution in [3.8, 4) is 0 Å². The van der Waals surface area contributed by atoms with Crippen molar-refractivity contribution in [2.75, 3.05) is 18.4 Å². The van der Waals surface area contributed by atoms with Gasteiger partial charge in [-0.3, -0.25) is 4.79 Å². The predicted molar refractivity (Wildman–Crippen MR) is 85.1 cm³/mol. The largest absolute Gasteiger partial charge is 0.462 e. The van der Waals surface area contributed by atoms with E-state index in [-0.39, 0.29) is 5.60 Å². The van der Waals surface area contributed by atoms with E-state index in [0.717, 1.165) is 37.7 Å². The van der Waals surface area contributed by atoms with Crippen molar-refractivity contribution in [3.05, 3.63) is 0 Å². The van der Waals surface area contributed by atoms with Crippen LogP contribution in [0.25, 0.3) is 0 Å². The molecule has 1 unspecified atom stereocenters. The minimum absolute atomic E-state index is 0.318. The summed E-state index contributed by atoms with van der Waals surface area (Å²) in [6, 6.07) is 0. The van der Waals surface area contributed by atoms with Crippen molar-refractivity contribution in [1.82, 2.24) is 5.32 Å². The summed E-state index contributed by atoms with van der Waals surface area (Å²) in [5.41, 5.74) is -0.755. The number of alkyl halides is 2. The minimum atomic E-state index is -0.437. The van der Waals surface area contributed by atoms with Gasteiger partial charge in [-0.15, -0.1) is 0 Å².